The highest BCUT2D eigenvalue weighted by molar-refractivity contribution is 5.94. The molecule has 1 saturated heterocycles. The second-order valence-corrected chi connectivity index (χ2v) is 7.02. The average Bonchev–Trinajstić information content (AvgIpc) is 3.20. The molecular weight excluding hydrogens is 342 g/mol. The van der Waals surface area contributed by atoms with E-state index in [0.29, 0.717) is 26.3 Å². The number of nitrogens with zero attached hydrogens (tertiary/aromatic N) is 1. The maximum Gasteiger partial charge on any atom is 0.254 e. The van der Waals surface area contributed by atoms with Gasteiger partial charge in [-0.05, 0) is 47.4 Å². The van der Waals surface area contributed by atoms with Crippen LogP contribution in [-0.4, -0.2) is 56.9 Å². The molecule has 2 aromatic carbocycles. The van der Waals surface area contributed by atoms with Gasteiger partial charge in [-0.3, -0.25) is 4.79 Å². The van der Waals surface area contributed by atoms with Crippen LogP contribution in [0.3, 0.4) is 0 Å². The van der Waals surface area contributed by atoms with Gasteiger partial charge in [0.15, 0.2) is 0 Å². The van der Waals surface area contributed by atoms with Gasteiger partial charge in [0.05, 0.1) is 19.3 Å². The normalized spacial score (nSPS) is 18.9. The van der Waals surface area contributed by atoms with Crippen molar-refractivity contribution in [2.24, 2.45) is 0 Å². The van der Waals surface area contributed by atoms with E-state index >= 15 is 0 Å². The van der Waals surface area contributed by atoms with Gasteiger partial charge >= 0.3 is 0 Å². The molecule has 0 unspecified atom stereocenters. The number of ether oxygens (including phenoxy) is 3. The lowest BCUT2D eigenvalue weighted by Gasteiger charge is -2.33. The molecule has 0 aliphatic carbocycles. The van der Waals surface area contributed by atoms with E-state index in [2.05, 4.69) is 12.1 Å². The Balaban J connectivity index is 1.44. The average molecular weight is 367 g/mol. The van der Waals surface area contributed by atoms with Crippen LogP contribution in [0, 0.1) is 0 Å². The number of hydrogen-bond donors (Lipinski definition) is 0. The monoisotopic (exact) mass is 367 g/mol. The van der Waals surface area contributed by atoms with Gasteiger partial charge in [0.1, 0.15) is 5.75 Å². The number of benzene rings is 2. The van der Waals surface area contributed by atoms with Crippen LogP contribution in [0.5, 0.6) is 5.75 Å². The molecule has 142 valence electrons. The molecule has 2 aromatic rings. The standard InChI is InChI=1S/C22H25NO4/c1-25-11-9-20-15-23(10-13-26-20)22(24)17-4-2-16(3-5-17)18-6-7-21-19(14-18)8-12-27-21/h2-7,14,20H,8-13,15H2,1H3/t20-/m1/s1. The van der Waals surface area contributed by atoms with Crippen LogP contribution in [0.2, 0.25) is 0 Å². The minimum atomic E-state index is 0.0514. The topological polar surface area (TPSA) is 48.0 Å². The summed E-state index contributed by atoms with van der Waals surface area (Å²) in [6, 6.07) is 14.2. The molecule has 0 saturated carbocycles. The Hall–Kier alpha value is -2.37. The predicted octanol–water partition coefficient (Wildman–Crippen LogP) is 3.17. The van der Waals surface area contributed by atoms with Crippen molar-refractivity contribution in [3.63, 3.8) is 0 Å². The third-order valence-electron chi connectivity index (χ3n) is 5.22. The molecule has 5 nitrogen and oxygen atoms in total. The molecule has 0 spiro atoms. The molecule has 2 heterocycles. The van der Waals surface area contributed by atoms with E-state index in [1.54, 1.807) is 7.11 Å². The number of hydrogen-bond acceptors (Lipinski definition) is 4. The first-order chi connectivity index (χ1) is 13.2. The zero-order chi connectivity index (χ0) is 18.6. The number of amides is 1. The lowest BCUT2D eigenvalue weighted by molar-refractivity contribution is -0.0332. The molecule has 1 fully saturated rings. The summed E-state index contributed by atoms with van der Waals surface area (Å²) < 4.78 is 16.4. The first kappa shape index (κ1) is 18.0. The second-order valence-electron chi connectivity index (χ2n) is 7.02. The molecule has 0 radical (unpaired) electrons. The third kappa shape index (κ3) is 3.99. The molecule has 5 heteroatoms. The molecule has 0 N–H and O–H groups in total. The van der Waals surface area contributed by atoms with Crippen LogP contribution in [0.25, 0.3) is 11.1 Å². The maximum absolute atomic E-state index is 12.8. The first-order valence-electron chi connectivity index (χ1n) is 9.50. The van der Waals surface area contributed by atoms with E-state index in [0.717, 1.165) is 41.9 Å². The molecule has 0 bridgehead atoms. The molecule has 4 rings (SSSR count). The Bertz CT molecular complexity index is 802. The summed E-state index contributed by atoms with van der Waals surface area (Å²) in [6.07, 6.45) is 1.82. The summed E-state index contributed by atoms with van der Waals surface area (Å²) >= 11 is 0. The Kier molecular flexibility index (Phi) is 5.41. The van der Waals surface area contributed by atoms with E-state index < -0.39 is 0 Å². The van der Waals surface area contributed by atoms with Crippen LogP contribution in [0.4, 0.5) is 0 Å². The van der Waals surface area contributed by atoms with Gasteiger partial charge < -0.3 is 19.1 Å². The van der Waals surface area contributed by atoms with E-state index in [9.17, 15) is 4.79 Å². The highest BCUT2D eigenvalue weighted by Crippen LogP contribution is 2.30. The lowest BCUT2D eigenvalue weighted by atomic mass is 10.0. The molecule has 2 aliphatic heterocycles. The van der Waals surface area contributed by atoms with Crippen molar-refractivity contribution >= 4 is 5.91 Å². The molecule has 2 aliphatic rings. The number of carbonyl (C=O) groups is 1. The Morgan fingerprint density at radius 3 is 2.78 bits per heavy atom. The summed E-state index contributed by atoms with van der Waals surface area (Å²) in [6.45, 7) is 3.24. The van der Waals surface area contributed by atoms with Crippen molar-refractivity contribution in [1.29, 1.82) is 0 Å². The van der Waals surface area contributed by atoms with Crippen molar-refractivity contribution in [2.45, 2.75) is 18.9 Å². The van der Waals surface area contributed by atoms with E-state index in [-0.39, 0.29) is 12.0 Å². The number of carbonyl (C=O) groups excluding carboxylic acids is 1. The summed E-state index contributed by atoms with van der Waals surface area (Å²) in [5.41, 5.74) is 4.24. The van der Waals surface area contributed by atoms with Crippen LogP contribution in [-0.2, 0) is 15.9 Å². The van der Waals surface area contributed by atoms with Gasteiger partial charge in [0, 0.05) is 38.8 Å². The fraction of sp³-hybridized carbons (Fsp3) is 0.409. The van der Waals surface area contributed by atoms with Crippen LogP contribution in [0.1, 0.15) is 22.3 Å². The van der Waals surface area contributed by atoms with Crippen molar-refractivity contribution in [1.82, 2.24) is 4.90 Å². The van der Waals surface area contributed by atoms with Gasteiger partial charge in [-0.25, -0.2) is 0 Å². The largest absolute Gasteiger partial charge is 0.493 e. The van der Waals surface area contributed by atoms with Crippen molar-refractivity contribution in [3.8, 4) is 16.9 Å². The predicted molar refractivity (Wildman–Crippen MR) is 103 cm³/mol. The van der Waals surface area contributed by atoms with Crippen LogP contribution in [0.15, 0.2) is 42.5 Å². The second kappa shape index (κ2) is 8.11. The third-order valence-corrected chi connectivity index (χ3v) is 5.22. The van der Waals surface area contributed by atoms with Crippen LogP contribution >= 0.6 is 0 Å². The van der Waals surface area contributed by atoms with E-state index in [4.69, 9.17) is 14.2 Å². The quantitative estimate of drug-likeness (QED) is 0.814. The SMILES string of the molecule is COCC[C@@H]1CN(C(=O)c2ccc(-c3ccc4c(c3)CCO4)cc2)CCO1. The van der Waals surface area contributed by atoms with Gasteiger partial charge in [-0.15, -0.1) is 0 Å². The number of rotatable bonds is 5. The molecule has 0 aromatic heterocycles. The fourth-order valence-corrected chi connectivity index (χ4v) is 3.68. The highest BCUT2D eigenvalue weighted by atomic mass is 16.5. The molecule has 1 amide bonds. The van der Waals surface area contributed by atoms with Gasteiger partial charge in [0.25, 0.3) is 5.91 Å². The van der Waals surface area contributed by atoms with Crippen molar-refractivity contribution in [2.75, 3.05) is 40.0 Å². The molecular formula is C22H25NO4. The summed E-state index contributed by atoms with van der Waals surface area (Å²) in [7, 11) is 1.68. The lowest BCUT2D eigenvalue weighted by Crippen LogP contribution is -2.45. The zero-order valence-corrected chi connectivity index (χ0v) is 15.6. The summed E-state index contributed by atoms with van der Waals surface area (Å²) in [4.78, 5) is 14.7. The Morgan fingerprint density at radius 1 is 1.15 bits per heavy atom. The van der Waals surface area contributed by atoms with E-state index in [1.165, 1.54) is 5.56 Å². The summed E-state index contributed by atoms with van der Waals surface area (Å²) in [5, 5.41) is 0. The Labute approximate surface area is 159 Å². The van der Waals surface area contributed by atoms with Crippen molar-refractivity contribution < 1.29 is 19.0 Å². The Morgan fingerprint density at radius 2 is 1.96 bits per heavy atom. The van der Waals surface area contributed by atoms with Crippen LogP contribution < -0.4 is 4.74 Å². The zero-order valence-electron chi connectivity index (χ0n) is 15.6. The fourth-order valence-electron chi connectivity index (χ4n) is 3.68. The van der Waals surface area contributed by atoms with E-state index in [1.807, 2.05) is 35.2 Å². The smallest absolute Gasteiger partial charge is 0.254 e. The molecule has 1 atom stereocenters. The van der Waals surface area contributed by atoms with Gasteiger partial charge in [-0.2, -0.15) is 0 Å². The number of morpholine rings is 1. The highest BCUT2D eigenvalue weighted by Gasteiger charge is 2.25. The van der Waals surface area contributed by atoms with Crippen molar-refractivity contribution in [3.05, 3.63) is 53.6 Å². The maximum atomic E-state index is 12.8. The minimum absolute atomic E-state index is 0.0514. The van der Waals surface area contributed by atoms with Gasteiger partial charge in [0.2, 0.25) is 0 Å². The first-order valence-corrected chi connectivity index (χ1v) is 9.50. The number of fused-ring (bicyclic) bond motifs is 1. The van der Waals surface area contributed by atoms with Gasteiger partial charge in [-0.1, -0.05) is 18.2 Å². The minimum Gasteiger partial charge on any atom is -0.493 e. The summed E-state index contributed by atoms with van der Waals surface area (Å²) in [5.74, 6) is 1.05. The number of methoxy groups -OCH3 is 1. The molecule has 27 heavy (non-hydrogen) atoms.